The highest BCUT2D eigenvalue weighted by Crippen LogP contribution is 2.40. The van der Waals surface area contributed by atoms with E-state index in [2.05, 4.69) is 25.3 Å². The standard InChI is InChI=1S/C15H32O3S.C4H11O4P/c1-15(2,3)13-11-9-7-5-6-8-10-12-14-18-19(4,16)17;1-4(2,3)8-9(5,6)7/h5-14H2,1-4H3;1-3H3,(H2,5,6,7). The molecule has 0 atom stereocenters. The number of rotatable bonds is 12. The molecule has 0 aromatic carbocycles. The maximum atomic E-state index is 10.7. The van der Waals surface area contributed by atoms with Gasteiger partial charge in [0, 0.05) is 0 Å². The lowest BCUT2D eigenvalue weighted by Gasteiger charge is -2.18. The molecule has 0 aliphatic carbocycles. The average Bonchev–Trinajstić information content (AvgIpc) is 2.39. The largest absolute Gasteiger partial charge is 0.470 e. The predicted molar refractivity (Wildman–Crippen MR) is 115 cm³/mol. The Morgan fingerprint density at radius 3 is 1.46 bits per heavy atom. The van der Waals surface area contributed by atoms with Crippen molar-refractivity contribution in [3.63, 3.8) is 0 Å². The molecule has 0 aliphatic heterocycles. The third-order valence-corrected chi connectivity index (χ3v) is 4.89. The summed E-state index contributed by atoms with van der Waals surface area (Å²) in [4.78, 5) is 16.5. The van der Waals surface area contributed by atoms with Crippen LogP contribution in [0.5, 0.6) is 0 Å². The summed E-state index contributed by atoms with van der Waals surface area (Å²) < 4.78 is 40.5. The molecule has 0 aromatic heterocycles. The van der Waals surface area contributed by atoms with Crippen LogP contribution in [0.4, 0.5) is 0 Å². The fourth-order valence-electron chi connectivity index (χ4n) is 2.39. The minimum absolute atomic E-state index is 0.338. The van der Waals surface area contributed by atoms with Gasteiger partial charge in [0.1, 0.15) is 0 Å². The maximum Gasteiger partial charge on any atom is 0.470 e. The third kappa shape index (κ3) is 33.6. The molecule has 0 saturated heterocycles. The zero-order valence-corrected chi connectivity index (χ0v) is 20.6. The summed E-state index contributed by atoms with van der Waals surface area (Å²) in [7, 11) is -7.53. The van der Waals surface area contributed by atoms with Gasteiger partial charge >= 0.3 is 7.82 Å². The molecular formula is C19H43O7PS. The van der Waals surface area contributed by atoms with Crippen molar-refractivity contribution < 1.29 is 31.5 Å². The summed E-state index contributed by atoms with van der Waals surface area (Å²) >= 11 is 0. The second-order valence-electron chi connectivity index (χ2n) is 9.36. The Hall–Kier alpha value is 0.0200. The van der Waals surface area contributed by atoms with Crippen molar-refractivity contribution in [2.24, 2.45) is 5.41 Å². The molecule has 0 amide bonds. The van der Waals surface area contributed by atoms with E-state index in [9.17, 15) is 13.0 Å². The van der Waals surface area contributed by atoms with E-state index in [0.29, 0.717) is 12.0 Å². The van der Waals surface area contributed by atoms with Crippen LogP contribution in [0.25, 0.3) is 0 Å². The molecule has 0 bridgehead atoms. The lowest BCUT2D eigenvalue weighted by atomic mass is 9.89. The molecule has 172 valence electrons. The van der Waals surface area contributed by atoms with Gasteiger partial charge in [0.25, 0.3) is 10.1 Å². The van der Waals surface area contributed by atoms with Crippen molar-refractivity contribution in [2.75, 3.05) is 12.9 Å². The van der Waals surface area contributed by atoms with Crippen LogP contribution >= 0.6 is 7.82 Å². The first kappa shape index (κ1) is 30.2. The van der Waals surface area contributed by atoms with Gasteiger partial charge in [-0.2, -0.15) is 8.42 Å². The van der Waals surface area contributed by atoms with Crippen LogP contribution in [0.2, 0.25) is 0 Å². The van der Waals surface area contributed by atoms with Crippen molar-refractivity contribution in [3.8, 4) is 0 Å². The number of phosphoric ester groups is 1. The zero-order chi connectivity index (χ0) is 22.5. The van der Waals surface area contributed by atoms with Crippen LogP contribution in [0.1, 0.15) is 99.3 Å². The molecule has 0 rings (SSSR count). The summed E-state index contributed by atoms with van der Waals surface area (Å²) in [5.74, 6) is 0. The minimum atomic E-state index is -4.29. The van der Waals surface area contributed by atoms with E-state index in [1.807, 2.05) is 0 Å². The van der Waals surface area contributed by atoms with Gasteiger partial charge in [0.2, 0.25) is 0 Å². The van der Waals surface area contributed by atoms with Gasteiger partial charge in [-0.3, -0.25) is 8.71 Å². The normalized spacial score (nSPS) is 13.2. The molecule has 0 aromatic rings. The number of unbranched alkanes of at least 4 members (excludes halogenated alkanes) is 7. The topological polar surface area (TPSA) is 110 Å². The molecule has 0 spiro atoms. The van der Waals surface area contributed by atoms with Gasteiger partial charge < -0.3 is 9.79 Å². The van der Waals surface area contributed by atoms with Crippen molar-refractivity contribution in [3.05, 3.63) is 0 Å². The molecule has 0 unspecified atom stereocenters. The van der Waals surface area contributed by atoms with E-state index >= 15 is 0 Å². The molecule has 28 heavy (non-hydrogen) atoms. The van der Waals surface area contributed by atoms with E-state index < -0.39 is 23.5 Å². The van der Waals surface area contributed by atoms with Gasteiger partial charge in [-0.05, 0) is 39.0 Å². The molecule has 0 aliphatic rings. The quantitative estimate of drug-likeness (QED) is 0.234. The van der Waals surface area contributed by atoms with E-state index in [4.69, 9.17) is 14.0 Å². The van der Waals surface area contributed by atoms with Crippen LogP contribution in [-0.2, 0) is 23.4 Å². The second kappa shape index (κ2) is 14.1. The summed E-state index contributed by atoms with van der Waals surface area (Å²) in [6.45, 7) is 12.0. The molecule has 7 nitrogen and oxygen atoms in total. The maximum absolute atomic E-state index is 10.7. The van der Waals surface area contributed by atoms with Crippen LogP contribution in [0.15, 0.2) is 0 Å². The highest BCUT2D eigenvalue weighted by atomic mass is 32.2. The molecule has 0 radical (unpaired) electrons. The Morgan fingerprint density at radius 2 is 1.18 bits per heavy atom. The molecular weight excluding hydrogens is 403 g/mol. The van der Waals surface area contributed by atoms with E-state index in [1.54, 1.807) is 20.8 Å². The molecule has 9 heteroatoms. The summed E-state index contributed by atoms with van der Waals surface area (Å²) in [5, 5.41) is 0. The van der Waals surface area contributed by atoms with Crippen molar-refractivity contribution in [1.29, 1.82) is 0 Å². The molecule has 2 N–H and O–H groups in total. The second-order valence-corrected chi connectivity index (χ2v) is 12.2. The van der Waals surface area contributed by atoms with E-state index in [1.165, 1.54) is 44.9 Å². The van der Waals surface area contributed by atoms with E-state index in [0.717, 1.165) is 19.1 Å². The minimum Gasteiger partial charge on any atom is -0.303 e. The lowest BCUT2D eigenvalue weighted by molar-refractivity contribution is 0.0810. The van der Waals surface area contributed by atoms with Gasteiger partial charge in [-0.25, -0.2) is 4.57 Å². The Balaban J connectivity index is 0. The Labute approximate surface area is 173 Å². The van der Waals surface area contributed by atoms with Crippen molar-refractivity contribution in [2.45, 2.75) is 105 Å². The summed E-state index contributed by atoms with van der Waals surface area (Å²) in [5.41, 5.74) is -0.307. The highest BCUT2D eigenvalue weighted by Gasteiger charge is 2.23. The Bertz CT molecular complexity index is 527. The monoisotopic (exact) mass is 446 g/mol. The zero-order valence-electron chi connectivity index (χ0n) is 18.9. The number of phosphoric acid groups is 1. The first-order chi connectivity index (χ1) is 12.4. The summed E-state index contributed by atoms with van der Waals surface area (Å²) in [6, 6.07) is 0. The van der Waals surface area contributed by atoms with Crippen LogP contribution < -0.4 is 0 Å². The van der Waals surface area contributed by atoms with Crippen LogP contribution in [-0.4, -0.2) is 36.7 Å². The van der Waals surface area contributed by atoms with Gasteiger partial charge in [-0.1, -0.05) is 65.7 Å². The fraction of sp³-hybridized carbons (Fsp3) is 1.00. The van der Waals surface area contributed by atoms with Gasteiger partial charge in [0.15, 0.2) is 0 Å². The molecule has 0 heterocycles. The lowest BCUT2D eigenvalue weighted by Crippen LogP contribution is -2.16. The van der Waals surface area contributed by atoms with Crippen molar-refractivity contribution >= 4 is 17.9 Å². The number of hydrogen-bond donors (Lipinski definition) is 2. The van der Waals surface area contributed by atoms with Crippen LogP contribution in [0.3, 0.4) is 0 Å². The smallest absolute Gasteiger partial charge is 0.303 e. The average molecular weight is 447 g/mol. The van der Waals surface area contributed by atoms with Crippen LogP contribution in [0, 0.1) is 5.41 Å². The highest BCUT2D eigenvalue weighted by molar-refractivity contribution is 7.85. The third-order valence-electron chi connectivity index (χ3n) is 3.51. The Kier molecular flexibility index (Phi) is 15.2. The van der Waals surface area contributed by atoms with Crippen molar-refractivity contribution in [1.82, 2.24) is 0 Å². The van der Waals surface area contributed by atoms with Gasteiger partial charge in [0.05, 0.1) is 18.5 Å². The number of hydrogen-bond acceptors (Lipinski definition) is 5. The summed E-state index contributed by atoms with van der Waals surface area (Å²) in [6.07, 6.45) is 12.1. The first-order valence-electron chi connectivity index (χ1n) is 10.0. The predicted octanol–water partition coefficient (Wildman–Crippen LogP) is 5.41. The SMILES string of the molecule is CC(C)(C)CCCCCCCCCCOS(C)(=O)=O.CC(C)(C)OP(=O)(O)O. The van der Waals surface area contributed by atoms with E-state index in [-0.39, 0.29) is 0 Å². The molecule has 0 saturated carbocycles. The van der Waals surface area contributed by atoms with Gasteiger partial charge in [-0.15, -0.1) is 0 Å². The Morgan fingerprint density at radius 1 is 0.786 bits per heavy atom. The fourth-order valence-corrected chi connectivity index (χ4v) is 3.52. The molecule has 0 fully saturated rings. The first-order valence-corrected chi connectivity index (χ1v) is 13.4.